The van der Waals surface area contributed by atoms with Gasteiger partial charge in [-0.2, -0.15) is 0 Å². The van der Waals surface area contributed by atoms with Crippen molar-refractivity contribution in [2.24, 2.45) is 0 Å². The molecule has 0 aliphatic rings. The van der Waals surface area contributed by atoms with Crippen LogP contribution in [0.25, 0.3) is 0 Å². The zero-order valence-corrected chi connectivity index (χ0v) is 19.1. The summed E-state index contributed by atoms with van der Waals surface area (Å²) in [6.07, 6.45) is 2.72. The predicted octanol–water partition coefficient (Wildman–Crippen LogP) is 3.51. The first-order chi connectivity index (χ1) is 14.5. The van der Waals surface area contributed by atoms with Crippen LogP contribution in [-0.2, 0) is 21.2 Å². The molecule has 0 saturated heterocycles. The van der Waals surface area contributed by atoms with Crippen LogP contribution in [0, 0.1) is 24.0 Å². The second-order valence-electron chi connectivity index (χ2n) is 7.59. The Morgan fingerprint density at radius 2 is 1.81 bits per heavy atom. The number of anilines is 1. The SMILES string of the molecule is CC[C@H](C(=O)NCCCc1ccc(C)cc1)N(c1cc([N+](=O)[O-])ccc1C)S(C)(=O)=O. The Hall–Kier alpha value is -2.94. The zero-order chi connectivity index (χ0) is 23.2. The number of nitro groups is 1. The van der Waals surface area contributed by atoms with Crippen LogP contribution in [0.1, 0.15) is 36.5 Å². The fourth-order valence-electron chi connectivity index (χ4n) is 3.36. The highest BCUT2D eigenvalue weighted by molar-refractivity contribution is 7.92. The topological polar surface area (TPSA) is 110 Å². The minimum absolute atomic E-state index is 0.137. The highest BCUT2D eigenvalue weighted by Gasteiger charge is 2.33. The van der Waals surface area contributed by atoms with Gasteiger partial charge in [0.05, 0.1) is 16.9 Å². The van der Waals surface area contributed by atoms with Crippen molar-refractivity contribution in [1.29, 1.82) is 0 Å². The summed E-state index contributed by atoms with van der Waals surface area (Å²) < 4.78 is 26.2. The van der Waals surface area contributed by atoms with E-state index in [0.717, 1.165) is 22.5 Å². The minimum atomic E-state index is -3.87. The fraction of sp³-hybridized carbons (Fsp3) is 0.409. The fourth-order valence-corrected chi connectivity index (χ4v) is 4.62. The summed E-state index contributed by atoms with van der Waals surface area (Å²) in [7, 11) is -3.87. The second kappa shape index (κ2) is 10.4. The summed E-state index contributed by atoms with van der Waals surface area (Å²) in [5.41, 5.74) is 2.78. The molecule has 31 heavy (non-hydrogen) atoms. The number of hydrogen-bond acceptors (Lipinski definition) is 5. The van der Waals surface area contributed by atoms with Gasteiger partial charge in [-0.1, -0.05) is 42.8 Å². The molecule has 0 saturated carbocycles. The number of carbonyl (C=O) groups is 1. The smallest absolute Gasteiger partial charge is 0.271 e. The van der Waals surface area contributed by atoms with Gasteiger partial charge in [0, 0.05) is 18.7 Å². The zero-order valence-electron chi connectivity index (χ0n) is 18.3. The van der Waals surface area contributed by atoms with Crippen LogP contribution < -0.4 is 9.62 Å². The first-order valence-electron chi connectivity index (χ1n) is 10.1. The molecule has 0 fully saturated rings. The molecule has 0 unspecified atom stereocenters. The lowest BCUT2D eigenvalue weighted by Crippen LogP contribution is -2.49. The van der Waals surface area contributed by atoms with Crippen LogP contribution in [0.3, 0.4) is 0 Å². The highest BCUT2D eigenvalue weighted by atomic mass is 32.2. The van der Waals surface area contributed by atoms with Gasteiger partial charge >= 0.3 is 0 Å². The monoisotopic (exact) mass is 447 g/mol. The average Bonchev–Trinajstić information content (AvgIpc) is 2.70. The van der Waals surface area contributed by atoms with E-state index in [2.05, 4.69) is 5.32 Å². The maximum absolute atomic E-state index is 12.9. The Labute approximate surface area is 183 Å². The Bertz CT molecular complexity index is 1040. The molecule has 2 rings (SSSR count). The Balaban J connectivity index is 2.17. The van der Waals surface area contributed by atoms with Crippen molar-refractivity contribution in [3.05, 3.63) is 69.3 Å². The van der Waals surface area contributed by atoms with Crippen LogP contribution in [0.4, 0.5) is 11.4 Å². The van der Waals surface area contributed by atoms with Gasteiger partial charge in [-0.25, -0.2) is 8.42 Å². The van der Waals surface area contributed by atoms with E-state index in [1.54, 1.807) is 13.8 Å². The van der Waals surface area contributed by atoms with Crippen LogP contribution in [0.5, 0.6) is 0 Å². The maximum atomic E-state index is 12.9. The molecule has 8 nitrogen and oxygen atoms in total. The Morgan fingerprint density at radius 1 is 1.16 bits per heavy atom. The lowest BCUT2D eigenvalue weighted by Gasteiger charge is -2.31. The van der Waals surface area contributed by atoms with Gasteiger partial charge in [0.25, 0.3) is 5.69 Å². The molecule has 0 radical (unpaired) electrons. The molecule has 1 amide bonds. The highest BCUT2D eigenvalue weighted by Crippen LogP contribution is 2.30. The summed E-state index contributed by atoms with van der Waals surface area (Å²) in [5.74, 6) is -0.428. The maximum Gasteiger partial charge on any atom is 0.271 e. The molecule has 0 heterocycles. The number of nitrogens with zero attached hydrogens (tertiary/aromatic N) is 2. The number of rotatable bonds is 10. The summed E-state index contributed by atoms with van der Waals surface area (Å²) in [6.45, 7) is 5.78. The van der Waals surface area contributed by atoms with E-state index in [4.69, 9.17) is 0 Å². The van der Waals surface area contributed by atoms with Crippen molar-refractivity contribution < 1.29 is 18.1 Å². The molecule has 0 aliphatic carbocycles. The molecule has 0 aliphatic heterocycles. The molecular weight excluding hydrogens is 418 g/mol. The number of nitrogens with one attached hydrogen (secondary N) is 1. The van der Waals surface area contributed by atoms with Crippen LogP contribution in [-0.4, -0.2) is 38.1 Å². The van der Waals surface area contributed by atoms with E-state index in [-0.39, 0.29) is 17.8 Å². The average molecular weight is 448 g/mol. The number of sulfonamides is 1. The van der Waals surface area contributed by atoms with Crippen molar-refractivity contribution >= 4 is 27.3 Å². The van der Waals surface area contributed by atoms with Crippen molar-refractivity contribution in [3.63, 3.8) is 0 Å². The van der Waals surface area contributed by atoms with E-state index in [1.807, 2.05) is 31.2 Å². The molecule has 0 spiro atoms. The molecule has 2 aromatic carbocycles. The first kappa shape index (κ1) is 24.3. The standard InChI is InChI=1S/C22H29N3O5S/c1-5-20(22(26)23-14-6-7-18-11-8-16(2)9-12-18)24(31(4,29)30)21-15-19(25(27)28)13-10-17(21)3/h8-13,15,20H,5-7,14H2,1-4H3,(H,23,26)/t20-/m1/s1. The Morgan fingerprint density at radius 3 is 2.35 bits per heavy atom. The van der Waals surface area contributed by atoms with Crippen molar-refractivity contribution in [3.8, 4) is 0 Å². The van der Waals surface area contributed by atoms with Crippen LogP contribution >= 0.6 is 0 Å². The van der Waals surface area contributed by atoms with Gasteiger partial charge in [0.1, 0.15) is 6.04 Å². The lowest BCUT2D eigenvalue weighted by molar-refractivity contribution is -0.384. The van der Waals surface area contributed by atoms with Crippen molar-refractivity contribution in [2.45, 2.75) is 46.1 Å². The number of aryl methyl sites for hydroxylation is 3. The number of nitro benzene ring substituents is 1. The van der Waals surface area contributed by atoms with Gasteiger partial charge < -0.3 is 5.32 Å². The number of benzene rings is 2. The van der Waals surface area contributed by atoms with Gasteiger partial charge in [-0.15, -0.1) is 0 Å². The molecule has 168 valence electrons. The van der Waals surface area contributed by atoms with Gasteiger partial charge in [-0.05, 0) is 44.2 Å². The lowest BCUT2D eigenvalue weighted by atomic mass is 10.1. The van der Waals surface area contributed by atoms with E-state index in [9.17, 15) is 23.3 Å². The van der Waals surface area contributed by atoms with Gasteiger partial charge in [-0.3, -0.25) is 19.2 Å². The van der Waals surface area contributed by atoms with E-state index in [1.165, 1.54) is 23.8 Å². The first-order valence-corrected chi connectivity index (χ1v) is 12.0. The number of hydrogen-bond donors (Lipinski definition) is 1. The quantitative estimate of drug-likeness (QED) is 0.340. The summed E-state index contributed by atoms with van der Waals surface area (Å²) >= 11 is 0. The normalized spacial score (nSPS) is 12.3. The Kier molecular flexibility index (Phi) is 8.15. The van der Waals surface area contributed by atoms with E-state index < -0.39 is 26.9 Å². The third-order valence-corrected chi connectivity index (χ3v) is 6.20. The molecule has 1 atom stereocenters. The summed E-state index contributed by atoms with van der Waals surface area (Å²) in [6, 6.07) is 11.1. The molecule has 0 aromatic heterocycles. The molecule has 0 bridgehead atoms. The number of carbonyl (C=O) groups excluding carboxylic acids is 1. The summed E-state index contributed by atoms with van der Waals surface area (Å²) in [4.78, 5) is 23.5. The minimum Gasteiger partial charge on any atom is -0.354 e. The molecule has 9 heteroatoms. The third-order valence-electron chi connectivity index (χ3n) is 5.03. The number of non-ortho nitro benzene ring substituents is 1. The second-order valence-corrected chi connectivity index (χ2v) is 9.45. The van der Waals surface area contributed by atoms with Gasteiger partial charge in [0.2, 0.25) is 15.9 Å². The predicted molar refractivity (Wildman–Crippen MR) is 122 cm³/mol. The largest absolute Gasteiger partial charge is 0.354 e. The molecule has 1 N–H and O–H groups in total. The van der Waals surface area contributed by atoms with Crippen LogP contribution in [0.2, 0.25) is 0 Å². The van der Waals surface area contributed by atoms with Crippen LogP contribution in [0.15, 0.2) is 42.5 Å². The van der Waals surface area contributed by atoms with Crippen molar-refractivity contribution in [2.75, 3.05) is 17.1 Å². The van der Waals surface area contributed by atoms with E-state index in [0.29, 0.717) is 18.5 Å². The third kappa shape index (κ3) is 6.52. The summed E-state index contributed by atoms with van der Waals surface area (Å²) in [5, 5.41) is 14.0. The van der Waals surface area contributed by atoms with Gasteiger partial charge in [0.15, 0.2) is 0 Å². The van der Waals surface area contributed by atoms with E-state index >= 15 is 0 Å². The number of amides is 1. The molecule has 2 aromatic rings. The molecular formula is C22H29N3O5S. The van der Waals surface area contributed by atoms with Crippen molar-refractivity contribution in [1.82, 2.24) is 5.32 Å².